The molecule has 0 aliphatic rings. The molecule has 0 aliphatic heterocycles. The van der Waals surface area contributed by atoms with Crippen LogP contribution < -0.4 is 10.1 Å². The van der Waals surface area contributed by atoms with Gasteiger partial charge in [0.15, 0.2) is 0 Å². The van der Waals surface area contributed by atoms with E-state index in [9.17, 15) is 4.79 Å². The van der Waals surface area contributed by atoms with Crippen LogP contribution in [0.5, 0.6) is 5.75 Å². The summed E-state index contributed by atoms with van der Waals surface area (Å²) in [7, 11) is 1.62. The lowest BCUT2D eigenvalue weighted by Crippen LogP contribution is -2.27. The largest absolute Gasteiger partial charge is 0.497 e. The van der Waals surface area contributed by atoms with E-state index in [1.165, 1.54) is 0 Å². The Hall–Kier alpha value is -2.30. The van der Waals surface area contributed by atoms with Crippen LogP contribution in [0.15, 0.2) is 28.8 Å². The molecule has 1 atom stereocenters. The fraction of sp³-hybridized carbons (Fsp3) is 0.333. The number of hydrogen-bond donors (Lipinski definition) is 1. The van der Waals surface area contributed by atoms with Gasteiger partial charge in [0.1, 0.15) is 17.1 Å². The van der Waals surface area contributed by atoms with Crippen LogP contribution in [0.2, 0.25) is 0 Å². The van der Waals surface area contributed by atoms with Crippen molar-refractivity contribution in [3.8, 4) is 5.75 Å². The molecule has 2 rings (SSSR count). The van der Waals surface area contributed by atoms with Crippen molar-refractivity contribution in [3.05, 3.63) is 46.8 Å². The van der Waals surface area contributed by atoms with Gasteiger partial charge < -0.3 is 14.6 Å². The van der Waals surface area contributed by atoms with Crippen LogP contribution in [0, 0.1) is 13.8 Å². The van der Waals surface area contributed by atoms with Crippen LogP contribution in [0.4, 0.5) is 0 Å². The van der Waals surface area contributed by atoms with Gasteiger partial charge >= 0.3 is 0 Å². The minimum atomic E-state index is -0.176. The van der Waals surface area contributed by atoms with Crippen molar-refractivity contribution in [3.63, 3.8) is 0 Å². The van der Waals surface area contributed by atoms with Crippen LogP contribution in [-0.4, -0.2) is 18.2 Å². The van der Waals surface area contributed by atoms with E-state index in [-0.39, 0.29) is 11.9 Å². The third-order valence-electron chi connectivity index (χ3n) is 3.22. The average molecular weight is 274 g/mol. The Kier molecular flexibility index (Phi) is 4.08. The fourth-order valence-electron chi connectivity index (χ4n) is 2.05. The molecule has 20 heavy (non-hydrogen) atoms. The second-order valence-corrected chi connectivity index (χ2v) is 4.67. The van der Waals surface area contributed by atoms with Gasteiger partial charge in [-0.05, 0) is 38.5 Å². The van der Waals surface area contributed by atoms with Gasteiger partial charge in [0.25, 0.3) is 5.91 Å². The summed E-state index contributed by atoms with van der Waals surface area (Å²) < 4.78 is 10.1. The number of rotatable bonds is 4. The Bertz CT molecular complexity index is 583. The molecule has 1 heterocycles. The number of carbonyl (C=O) groups is 1. The molecule has 2 aromatic rings. The van der Waals surface area contributed by atoms with Gasteiger partial charge in [-0.3, -0.25) is 4.79 Å². The second kappa shape index (κ2) is 5.77. The number of methoxy groups -OCH3 is 1. The molecule has 5 heteroatoms. The summed E-state index contributed by atoms with van der Waals surface area (Å²) in [4.78, 5) is 12.2. The highest BCUT2D eigenvalue weighted by Crippen LogP contribution is 2.19. The number of aryl methyl sites for hydroxylation is 2. The van der Waals surface area contributed by atoms with Crippen LogP contribution in [-0.2, 0) is 0 Å². The zero-order chi connectivity index (χ0) is 14.7. The number of benzene rings is 1. The van der Waals surface area contributed by atoms with E-state index in [4.69, 9.17) is 9.26 Å². The average Bonchev–Trinajstić information content (AvgIpc) is 2.78. The van der Waals surface area contributed by atoms with E-state index < -0.39 is 0 Å². The van der Waals surface area contributed by atoms with E-state index >= 15 is 0 Å². The molecule has 1 N–H and O–H groups in total. The second-order valence-electron chi connectivity index (χ2n) is 4.67. The molecule has 1 amide bonds. The smallest absolute Gasteiger partial charge is 0.257 e. The first-order chi connectivity index (χ1) is 9.52. The number of nitrogens with one attached hydrogen (secondary N) is 1. The number of aromatic nitrogens is 1. The molecule has 1 aromatic heterocycles. The third-order valence-corrected chi connectivity index (χ3v) is 3.22. The normalized spacial score (nSPS) is 12.0. The maximum atomic E-state index is 12.2. The van der Waals surface area contributed by atoms with E-state index in [0.29, 0.717) is 17.0 Å². The minimum Gasteiger partial charge on any atom is -0.497 e. The Morgan fingerprint density at radius 3 is 2.45 bits per heavy atom. The Labute approximate surface area is 117 Å². The van der Waals surface area contributed by atoms with Gasteiger partial charge in [0.2, 0.25) is 0 Å². The predicted octanol–water partition coefficient (Wildman–Crippen LogP) is 2.79. The molecule has 106 valence electrons. The summed E-state index contributed by atoms with van der Waals surface area (Å²) >= 11 is 0. The highest BCUT2D eigenvalue weighted by Gasteiger charge is 2.19. The number of ether oxygens (including phenoxy) is 1. The van der Waals surface area contributed by atoms with E-state index in [0.717, 1.165) is 11.3 Å². The highest BCUT2D eigenvalue weighted by molar-refractivity contribution is 5.96. The van der Waals surface area contributed by atoms with Gasteiger partial charge in [0.05, 0.1) is 18.8 Å². The summed E-state index contributed by atoms with van der Waals surface area (Å²) in [6, 6.07) is 7.48. The maximum absolute atomic E-state index is 12.2. The van der Waals surface area contributed by atoms with Gasteiger partial charge in [-0.15, -0.1) is 0 Å². The first-order valence-corrected chi connectivity index (χ1v) is 6.40. The van der Waals surface area contributed by atoms with Crippen molar-refractivity contribution in [2.24, 2.45) is 0 Å². The van der Waals surface area contributed by atoms with Crippen molar-refractivity contribution in [2.45, 2.75) is 26.8 Å². The van der Waals surface area contributed by atoms with Crippen LogP contribution in [0.1, 0.15) is 40.3 Å². The summed E-state index contributed by atoms with van der Waals surface area (Å²) in [5.41, 5.74) is 2.11. The molecule has 0 saturated carbocycles. The Balaban J connectivity index is 2.11. The number of hydrogen-bond acceptors (Lipinski definition) is 4. The van der Waals surface area contributed by atoms with E-state index in [2.05, 4.69) is 10.5 Å². The molecule has 5 nitrogen and oxygen atoms in total. The first-order valence-electron chi connectivity index (χ1n) is 6.40. The first kappa shape index (κ1) is 14.1. The fourth-order valence-corrected chi connectivity index (χ4v) is 2.05. The lowest BCUT2D eigenvalue weighted by molar-refractivity contribution is 0.0938. The molecule has 0 bridgehead atoms. The highest BCUT2D eigenvalue weighted by atomic mass is 16.5. The summed E-state index contributed by atoms with van der Waals surface area (Å²) in [6.45, 7) is 5.41. The van der Waals surface area contributed by atoms with Gasteiger partial charge in [-0.2, -0.15) is 0 Å². The molecule has 1 unspecified atom stereocenters. The van der Waals surface area contributed by atoms with Crippen molar-refractivity contribution < 1.29 is 14.1 Å². The maximum Gasteiger partial charge on any atom is 0.257 e. The topological polar surface area (TPSA) is 64.4 Å². The zero-order valence-corrected chi connectivity index (χ0v) is 12.1. The molecule has 0 aliphatic carbocycles. The molecular formula is C15H18N2O3. The summed E-state index contributed by atoms with van der Waals surface area (Å²) in [5, 5.41) is 6.73. The Morgan fingerprint density at radius 1 is 1.30 bits per heavy atom. The zero-order valence-electron chi connectivity index (χ0n) is 12.1. The lowest BCUT2D eigenvalue weighted by atomic mass is 10.1. The SMILES string of the molecule is COc1ccc(C(C)NC(=O)c2c(C)noc2C)cc1. The van der Waals surface area contributed by atoms with Gasteiger partial charge in [0, 0.05) is 0 Å². The number of amides is 1. The van der Waals surface area contributed by atoms with Crippen molar-refractivity contribution in [1.82, 2.24) is 10.5 Å². The molecule has 0 saturated heterocycles. The van der Waals surface area contributed by atoms with Crippen molar-refractivity contribution in [2.75, 3.05) is 7.11 Å². The van der Waals surface area contributed by atoms with Crippen LogP contribution in [0.25, 0.3) is 0 Å². The van der Waals surface area contributed by atoms with Gasteiger partial charge in [-0.25, -0.2) is 0 Å². The van der Waals surface area contributed by atoms with E-state index in [1.807, 2.05) is 31.2 Å². The number of carbonyl (C=O) groups excluding carboxylic acids is 1. The molecule has 1 aromatic carbocycles. The Morgan fingerprint density at radius 2 is 1.95 bits per heavy atom. The monoisotopic (exact) mass is 274 g/mol. The molecule has 0 radical (unpaired) electrons. The summed E-state index contributed by atoms with van der Waals surface area (Å²) in [5.74, 6) is 1.14. The number of nitrogens with zero attached hydrogens (tertiary/aromatic N) is 1. The van der Waals surface area contributed by atoms with Crippen LogP contribution in [0.3, 0.4) is 0 Å². The van der Waals surface area contributed by atoms with Gasteiger partial charge in [-0.1, -0.05) is 17.3 Å². The third kappa shape index (κ3) is 2.82. The molecule has 0 spiro atoms. The van der Waals surface area contributed by atoms with Crippen LogP contribution >= 0.6 is 0 Å². The standard InChI is InChI=1S/C15H18N2O3/c1-9(12-5-7-13(19-4)8-6-12)16-15(18)14-10(2)17-20-11(14)3/h5-9H,1-4H3,(H,16,18). The summed E-state index contributed by atoms with van der Waals surface area (Å²) in [6.07, 6.45) is 0. The predicted molar refractivity (Wildman–Crippen MR) is 74.9 cm³/mol. The lowest BCUT2D eigenvalue weighted by Gasteiger charge is -2.14. The minimum absolute atomic E-state index is 0.109. The van der Waals surface area contributed by atoms with Crippen molar-refractivity contribution in [1.29, 1.82) is 0 Å². The molecular weight excluding hydrogens is 256 g/mol. The van der Waals surface area contributed by atoms with Crippen molar-refractivity contribution >= 4 is 5.91 Å². The quantitative estimate of drug-likeness (QED) is 0.931. The molecule has 0 fully saturated rings. The van der Waals surface area contributed by atoms with E-state index in [1.54, 1.807) is 21.0 Å².